The Bertz CT molecular complexity index is 561. The number of rotatable bonds is 5. The zero-order valence-electron chi connectivity index (χ0n) is 13.6. The number of hydrogen-bond acceptors (Lipinski definition) is 2. The summed E-state index contributed by atoms with van der Waals surface area (Å²) in [5.74, 6) is 0.657. The molecule has 1 aromatic carbocycles. The van der Waals surface area contributed by atoms with Crippen molar-refractivity contribution in [1.82, 2.24) is 10.2 Å². The average molecular weight is 320 g/mol. The van der Waals surface area contributed by atoms with Crippen LogP contribution in [0.5, 0.6) is 0 Å². The molecule has 23 heavy (non-hydrogen) atoms. The molecule has 1 aliphatic rings. The number of nitrogens with one attached hydrogen (secondary N) is 1. The fourth-order valence-corrected chi connectivity index (χ4v) is 3.05. The molecule has 5 nitrogen and oxygen atoms in total. The molecule has 1 atom stereocenters. The van der Waals surface area contributed by atoms with E-state index in [-0.39, 0.29) is 17.6 Å². The third kappa shape index (κ3) is 5.23. The van der Waals surface area contributed by atoms with E-state index in [9.17, 15) is 9.18 Å². The second-order valence-electron chi connectivity index (χ2n) is 5.94. The van der Waals surface area contributed by atoms with Gasteiger partial charge in [0.2, 0.25) is 5.91 Å². The van der Waals surface area contributed by atoms with Crippen molar-refractivity contribution >= 4 is 11.9 Å². The lowest BCUT2D eigenvalue weighted by Gasteiger charge is -2.34. The average Bonchev–Trinajstić information content (AvgIpc) is 2.53. The molecule has 1 aliphatic heterocycles. The number of carbonyl (C=O) groups is 1. The standard InChI is InChI=1S/C17H25FN4O/c1-20-17(21-9-8-14-6-2-3-7-15(14)18)22-10-4-5-13(12-22)11-16(19)23/h2-3,6-7,13H,4-5,8-12H2,1H3,(H2,19,23)(H,20,21). The van der Waals surface area contributed by atoms with E-state index in [2.05, 4.69) is 15.2 Å². The highest BCUT2D eigenvalue weighted by molar-refractivity contribution is 5.80. The summed E-state index contributed by atoms with van der Waals surface area (Å²) in [6.45, 7) is 2.31. The van der Waals surface area contributed by atoms with Crippen molar-refractivity contribution in [2.24, 2.45) is 16.6 Å². The van der Waals surface area contributed by atoms with Crippen LogP contribution < -0.4 is 11.1 Å². The van der Waals surface area contributed by atoms with Gasteiger partial charge in [-0.1, -0.05) is 18.2 Å². The summed E-state index contributed by atoms with van der Waals surface area (Å²) in [4.78, 5) is 17.5. The summed E-state index contributed by atoms with van der Waals surface area (Å²) in [5, 5.41) is 3.28. The molecule has 126 valence electrons. The van der Waals surface area contributed by atoms with E-state index in [1.54, 1.807) is 19.2 Å². The van der Waals surface area contributed by atoms with Crippen LogP contribution in [0.25, 0.3) is 0 Å². The van der Waals surface area contributed by atoms with Crippen LogP contribution >= 0.6 is 0 Å². The van der Waals surface area contributed by atoms with E-state index >= 15 is 0 Å². The number of halogens is 1. The van der Waals surface area contributed by atoms with Crippen LogP contribution in [0.1, 0.15) is 24.8 Å². The smallest absolute Gasteiger partial charge is 0.217 e. The molecule has 1 amide bonds. The Hall–Kier alpha value is -2.11. The van der Waals surface area contributed by atoms with Gasteiger partial charge in [0.15, 0.2) is 5.96 Å². The van der Waals surface area contributed by atoms with Crippen LogP contribution in [0.15, 0.2) is 29.3 Å². The Balaban J connectivity index is 1.85. The van der Waals surface area contributed by atoms with Crippen molar-refractivity contribution in [2.45, 2.75) is 25.7 Å². The summed E-state index contributed by atoms with van der Waals surface area (Å²) in [7, 11) is 1.74. The predicted molar refractivity (Wildman–Crippen MR) is 89.6 cm³/mol. The quantitative estimate of drug-likeness (QED) is 0.638. The number of hydrogen-bond donors (Lipinski definition) is 2. The Kier molecular flexibility index (Phi) is 6.38. The lowest BCUT2D eigenvalue weighted by atomic mass is 9.95. The molecule has 1 heterocycles. The van der Waals surface area contributed by atoms with Crippen molar-refractivity contribution in [3.8, 4) is 0 Å². The fraction of sp³-hybridized carbons (Fsp3) is 0.529. The van der Waals surface area contributed by atoms with Crippen molar-refractivity contribution < 1.29 is 9.18 Å². The Morgan fingerprint density at radius 2 is 2.26 bits per heavy atom. The van der Waals surface area contributed by atoms with E-state index in [0.717, 1.165) is 31.9 Å². The maximum Gasteiger partial charge on any atom is 0.217 e. The first-order chi connectivity index (χ1) is 11.1. The maximum atomic E-state index is 13.6. The zero-order chi connectivity index (χ0) is 16.7. The minimum Gasteiger partial charge on any atom is -0.370 e. The highest BCUT2D eigenvalue weighted by Gasteiger charge is 2.23. The van der Waals surface area contributed by atoms with E-state index in [4.69, 9.17) is 5.73 Å². The van der Waals surface area contributed by atoms with Crippen molar-refractivity contribution in [3.63, 3.8) is 0 Å². The number of benzene rings is 1. The van der Waals surface area contributed by atoms with Gasteiger partial charge in [0.25, 0.3) is 0 Å². The van der Waals surface area contributed by atoms with E-state index < -0.39 is 0 Å². The molecule has 3 N–H and O–H groups in total. The van der Waals surface area contributed by atoms with Gasteiger partial charge < -0.3 is 16.0 Å². The van der Waals surface area contributed by atoms with Crippen LogP contribution in [0.3, 0.4) is 0 Å². The van der Waals surface area contributed by atoms with E-state index in [1.165, 1.54) is 6.07 Å². The molecule has 0 bridgehead atoms. The number of carbonyl (C=O) groups excluding carboxylic acids is 1. The number of guanidine groups is 1. The third-order valence-electron chi connectivity index (χ3n) is 4.16. The normalized spacial score (nSPS) is 18.8. The molecule has 0 saturated carbocycles. The van der Waals surface area contributed by atoms with Gasteiger partial charge in [-0.2, -0.15) is 0 Å². The molecular weight excluding hydrogens is 295 g/mol. The molecular formula is C17H25FN4O. The lowest BCUT2D eigenvalue weighted by molar-refractivity contribution is -0.119. The largest absolute Gasteiger partial charge is 0.370 e. The molecule has 0 spiro atoms. The maximum absolute atomic E-state index is 13.6. The molecule has 0 aliphatic carbocycles. The van der Waals surface area contributed by atoms with Gasteiger partial charge in [-0.3, -0.25) is 9.79 Å². The van der Waals surface area contributed by atoms with Crippen LogP contribution in [0.4, 0.5) is 4.39 Å². The van der Waals surface area contributed by atoms with Gasteiger partial charge in [0.05, 0.1) is 0 Å². The van der Waals surface area contributed by atoms with Gasteiger partial charge in [-0.05, 0) is 36.8 Å². The Morgan fingerprint density at radius 1 is 1.48 bits per heavy atom. The number of amides is 1. The number of aliphatic imine (C=N–C) groups is 1. The SMILES string of the molecule is CN=C(NCCc1ccccc1F)N1CCCC(CC(N)=O)C1. The molecule has 6 heteroatoms. The van der Waals surface area contributed by atoms with Crippen LogP contribution in [-0.2, 0) is 11.2 Å². The first-order valence-electron chi connectivity index (χ1n) is 8.07. The van der Waals surface area contributed by atoms with Crippen molar-refractivity contribution in [2.75, 3.05) is 26.7 Å². The summed E-state index contributed by atoms with van der Waals surface area (Å²) in [6, 6.07) is 6.80. The first-order valence-corrected chi connectivity index (χ1v) is 8.07. The Labute approximate surface area is 136 Å². The minimum absolute atomic E-state index is 0.177. The highest BCUT2D eigenvalue weighted by Crippen LogP contribution is 2.19. The third-order valence-corrected chi connectivity index (χ3v) is 4.16. The molecule has 1 unspecified atom stereocenters. The molecule has 2 rings (SSSR count). The van der Waals surface area contributed by atoms with Gasteiger partial charge in [-0.25, -0.2) is 4.39 Å². The van der Waals surface area contributed by atoms with Gasteiger partial charge in [-0.15, -0.1) is 0 Å². The summed E-state index contributed by atoms with van der Waals surface area (Å²) < 4.78 is 13.6. The molecule has 0 aromatic heterocycles. The predicted octanol–water partition coefficient (Wildman–Crippen LogP) is 1.53. The summed E-state index contributed by atoms with van der Waals surface area (Å²) >= 11 is 0. The van der Waals surface area contributed by atoms with Crippen LogP contribution in [0.2, 0.25) is 0 Å². The highest BCUT2D eigenvalue weighted by atomic mass is 19.1. The summed E-state index contributed by atoms with van der Waals surface area (Å²) in [6.07, 6.45) is 3.06. The van der Waals surface area contributed by atoms with Crippen molar-refractivity contribution in [1.29, 1.82) is 0 Å². The van der Waals surface area contributed by atoms with Gasteiger partial charge >= 0.3 is 0 Å². The van der Waals surface area contributed by atoms with Gasteiger partial charge in [0, 0.05) is 33.1 Å². The number of nitrogens with two attached hydrogens (primary N) is 1. The van der Waals surface area contributed by atoms with Crippen LogP contribution in [0, 0.1) is 11.7 Å². The zero-order valence-corrected chi connectivity index (χ0v) is 13.6. The topological polar surface area (TPSA) is 70.7 Å². The first kappa shape index (κ1) is 17.2. The molecule has 1 aromatic rings. The molecule has 0 radical (unpaired) electrons. The second-order valence-corrected chi connectivity index (χ2v) is 5.94. The second kappa shape index (κ2) is 8.50. The minimum atomic E-state index is -0.251. The van der Waals surface area contributed by atoms with Gasteiger partial charge in [0.1, 0.15) is 5.82 Å². The monoisotopic (exact) mass is 320 g/mol. The van der Waals surface area contributed by atoms with Crippen molar-refractivity contribution in [3.05, 3.63) is 35.6 Å². The van der Waals surface area contributed by atoms with Crippen LogP contribution in [-0.4, -0.2) is 43.4 Å². The number of nitrogens with zero attached hydrogens (tertiary/aromatic N) is 2. The number of likely N-dealkylation sites (tertiary alicyclic amines) is 1. The number of primary amides is 1. The number of piperidine rings is 1. The van der Waals surface area contributed by atoms with E-state index in [1.807, 2.05) is 6.07 Å². The Morgan fingerprint density at radius 3 is 2.96 bits per heavy atom. The fourth-order valence-electron chi connectivity index (χ4n) is 3.05. The van der Waals surface area contributed by atoms with E-state index in [0.29, 0.717) is 24.9 Å². The summed E-state index contributed by atoms with van der Waals surface area (Å²) in [5.41, 5.74) is 5.99. The lowest BCUT2D eigenvalue weighted by Crippen LogP contribution is -2.47. The molecule has 1 fully saturated rings. The molecule has 1 saturated heterocycles.